The molecule has 0 aliphatic heterocycles. The predicted molar refractivity (Wildman–Crippen MR) is 98.5 cm³/mol. The van der Waals surface area contributed by atoms with Gasteiger partial charge in [-0.3, -0.25) is 0 Å². The minimum absolute atomic E-state index is 0.145. The van der Waals surface area contributed by atoms with E-state index in [0.717, 1.165) is 12.8 Å². The molecule has 8 nitrogen and oxygen atoms in total. The van der Waals surface area contributed by atoms with Gasteiger partial charge in [0.2, 0.25) is 10.0 Å². The molecule has 0 spiro atoms. The third-order valence-electron chi connectivity index (χ3n) is 3.83. The van der Waals surface area contributed by atoms with E-state index in [0.29, 0.717) is 33.8 Å². The van der Waals surface area contributed by atoms with Crippen molar-refractivity contribution in [3.05, 3.63) is 23.8 Å². The van der Waals surface area contributed by atoms with E-state index in [-0.39, 0.29) is 10.6 Å². The zero-order valence-corrected chi connectivity index (χ0v) is 15.8. The minimum atomic E-state index is -3.98. The van der Waals surface area contributed by atoms with Crippen molar-refractivity contribution in [3.63, 3.8) is 0 Å². The van der Waals surface area contributed by atoms with Crippen molar-refractivity contribution in [2.75, 3.05) is 18.7 Å². The number of thioether (sulfide) groups is 1. The maximum atomic E-state index is 11.8. The van der Waals surface area contributed by atoms with E-state index in [2.05, 4.69) is 21.4 Å². The molecule has 2 aromatic rings. The summed E-state index contributed by atoms with van der Waals surface area (Å²) >= 11 is 1.33. The summed E-state index contributed by atoms with van der Waals surface area (Å²) in [4.78, 5) is 8.71. The van der Waals surface area contributed by atoms with E-state index in [1.807, 2.05) is 6.26 Å². The first kappa shape index (κ1) is 18.4. The van der Waals surface area contributed by atoms with Gasteiger partial charge in [0, 0.05) is 11.6 Å². The molecule has 3 N–H and O–H groups in total. The Kier molecular flexibility index (Phi) is 5.04. The van der Waals surface area contributed by atoms with E-state index >= 15 is 0 Å². The van der Waals surface area contributed by atoms with Crippen LogP contribution in [0.3, 0.4) is 0 Å². The zero-order chi connectivity index (χ0) is 18.9. The average Bonchev–Trinajstić information content (AvgIpc) is 3.43. The highest BCUT2D eigenvalue weighted by molar-refractivity contribution is 7.98. The standard InChI is InChI=1S/C16H17N5O3S2/c1-24-12-6-3-9(7-13(12)26(18,22)23)14-20-15(19-10-4-5-10)11(8-17)16(21-14)25-2/h3,6-7,10H,4-5H2,1-2H3,(H2,18,22,23)(H,19,20,21). The second-order valence-electron chi connectivity index (χ2n) is 5.72. The summed E-state index contributed by atoms with van der Waals surface area (Å²) in [5.74, 6) is 0.910. The molecule has 10 heteroatoms. The van der Waals surface area contributed by atoms with Gasteiger partial charge in [0.1, 0.15) is 33.1 Å². The highest BCUT2D eigenvalue weighted by Gasteiger charge is 2.25. The molecule has 0 radical (unpaired) electrons. The molecule has 1 aliphatic rings. The summed E-state index contributed by atoms with van der Waals surface area (Å²) in [5, 5.41) is 18.5. The van der Waals surface area contributed by atoms with E-state index in [1.165, 1.54) is 31.0 Å². The Morgan fingerprint density at radius 3 is 2.65 bits per heavy atom. The number of nitrogens with one attached hydrogen (secondary N) is 1. The van der Waals surface area contributed by atoms with Crippen molar-refractivity contribution >= 4 is 27.6 Å². The topological polar surface area (TPSA) is 131 Å². The highest BCUT2D eigenvalue weighted by atomic mass is 32.2. The third kappa shape index (κ3) is 3.75. The molecule has 0 unspecified atom stereocenters. The first-order valence-electron chi connectivity index (χ1n) is 7.71. The van der Waals surface area contributed by atoms with Gasteiger partial charge >= 0.3 is 0 Å². The van der Waals surface area contributed by atoms with Crippen molar-refractivity contribution in [2.45, 2.75) is 28.8 Å². The maximum Gasteiger partial charge on any atom is 0.241 e. The van der Waals surface area contributed by atoms with Crippen LogP contribution in [0.25, 0.3) is 11.4 Å². The van der Waals surface area contributed by atoms with Crippen LogP contribution in [0.4, 0.5) is 5.82 Å². The first-order valence-corrected chi connectivity index (χ1v) is 10.5. The van der Waals surface area contributed by atoms with E-state index in [4.69, 9.17) is 9.88 Å². The van der Waals surface area contributed by atoms with Gasteiger partial charge in [-0.25, -0.2) is 23.5 Å². The lowest BCUT2D eigenvalue weighted by molar-refractivity contribution is 0.403. The van der Waals surface area contributed by atoms with Crippen LogP contribution in [0.1, 0.15) is 18.4 Å². The van der Waals surface area contributed by atoms with E-state index in [9.17, 15) is 13.7 Å². The number of anilines is 1. The summed E-state index contributed by atoms with van der Waals surface area (Å²) in [6, 6.07) is 6.97. The summed E-state index contributed by atoms with van der Waals surface area (Å²) in [6.07, 6.45) is 3.87. The van der Waals surface area contributed by atoms with Crippen molar-refractivity contribution in [1.29, 1.82) is 5.26 Å². The Balaban J connectivity index is 2.16. The fourth-order valence-corrected chi connectivity index (χ4v) is 3.63. The summed E-state index contributed by atoms with van der Waals surface area (Å²) in [6.45, 7) is 0. The molecule has 136 valence electrons. The van der Waals surface area contributed by atoms with Crippen molar-refractivity contribution in [3.8, 4) is 23.2 Å². The van der Waals surface area contributed by atoms with Crippen LogP contribution in [0.2, 0.25) is 0 Å². The lowest BCUT2D eigenvalue weighted by Crippen LogP contribution is -2.14. The largest absolute Gasteiger partial charge is 0.495 e. The Morgan fingerprint density at radius 2 is 2.12 bits per heavy atom. The lowest BCUT2D eigenvalue weighted by atomic mass is 10.2. The molecule has 0 saturated heterocycles. The molecule has 0 bridgehead atoms. The SMILES string of the molecule is COc1ccc(-c2nc(NC3CC3)c(C#N)c(SC)n2)cc1S(N)(=O)=O. The van der Waals surface area contributed by atoms with Gasteiger partial charge in [-0.05, 0) is 37.3 Å². The van der Waals surface area contributed by atoms with Gasteiger partial charge in [-0.15, -0.1) is 11.8 Å². The molecule has 3 rings (SSSR count). The number of nitriles is 1. The molecule has 1 saturated carbocycles. The van der Waals surface area contributed by atoms with Crippen molar-refractivity contribution in [1.82, 2.24) is 9.97 Å². The van der Waals surface area contributed by atoms with Crippen LogP contribution in [0.5, 0.6) is 5.75 Å². The number of rotatable bonds is 6. The number of hydrogen-bond acceptors (Lipinski definition) is 8. The van der Waals surface area contributed by atoms with E-state index in [1.54, 1.807) is 6.07 Å². The van der Waals surface area contributed by atoms with Gasteiger partial charge in [-0.2, -0.15) is 5.26 Å². The number of methoxy groups -OCH3 is 1. The Bertz CT molecular complexity index is 998. The summed E-state index contributed by atoms with van der Waals surface area (Å²) in [5.41, 5.74) is 0.849. The average molecular weight is 391 g/mol. The molecule has 1 fully saturated rings. The summed E-state index contributed by atoms with van der Waals surface area (Å²) in [7, 11) is -2.61. The second kappa shape index (κ2) is 7.11. The number of primary sulfonamides is 1. The van der Waals surface area contributed by atoms with Crippen molar-refractivity contribution in [2.24, 2.45) is 5.14 Å². The monoisotopic (exact) mass is 391 g/mol. The van der Waals surface area contributed by atoms with Crippen LogP contribution in [-0.4, -0.2) is 37.8 Å². The third-order valence-corrected chi connectivity index (χ3v) is 5.44. The fourth-order valence-electron chi connectivity index (χ4n) is 2.38. The molecule has 1 heterocycles. The van der Waals surface area contributed by atoms with Crippen LogP contribution < -0.4 is 15.2 Å². The normalized spacial score (nSPS) is 13.9. The Labute approximate surface area is 155 Å². The van der Waals surface area contributed by atoms with Crippen molar-refractivity contribution < 1.29 is 13.2 Å². The minimum Gasteiger partial charge on any atom is -0.495 e. The number of sulfonamides is 1. The zero-order valence-electron chi connectivity index (χ0n) is 14.2. The lowest BCUT2D eigenvalue weighted by Gasteiger charge is -2.12. The van der Waals surface area contributed by atoms with Crippen LogP contribution in [-0.2, 0) is 10.0 Å². The van der Waals surface area contributed by atoms with Gasteiger partial charge in [0.05, 0.1) is 7.11 Å². The van der Waals surface area contributed by atoms with Crippen LogP contribution in [0, 0.1) is 11.3 Å². The van der Waals surface area contributed by atoms with Gasteiger partial charge in [-0.1, -0.05) is 0 Å². The number of ether oxygens (including phenoxy) is 1. The number of nitrogens with zero attached hydrogens (tertiary/aromatic N) is 3. The first-order chi connectivity index (χ1) is 12.4. The van der Waals surface area contributed by atoms with Crippen LogP contribution >= 0.6 is 11.8 Å². The predicted octanol–water partition coefficient (Wildman–Crippen LogP) is 1.97. The molecule has 0 atom stereocenters. The molecule has 0 amide bonds. The molecular formula is C16H17N5O3S2. The molecule has 1 aromatic carbocycles. The number of benzene rings is 1. The quantitative estimate of drug-likeness (QED) is 0.564. The molecular weight excluding hydrogens is 374 g/mol. The summed E-state index contributed by atoms with van der Waals surface area (Å²) < 4.78 is 28.7. The van der Waals surface area contributed by atoms with Gasteiger partial charge < -0.3 is 10.1 Å². The molecule has 1 aromatic heterocycles. The highest BCUT2D eigenvalue weighted by Crippen LogP contribution is 2.33. The van der Waals surface area contributed by atoms with Gasteiger partial charge in [0.15, 0.2) is 5.82 Å². The smallest absolute Gasteiger partial charge is 0.241 e. The number of aromatic nitrogens is 2. The molecule has 26 heavy (non-hydrogen) atoms. The van der Waals surface area contributed by atoms with E-state index < -0.39 is 10.0 Å². The van der Waals surface area contributed by atoms with Crippen LogP contribution in [0.15, 0.2) is 28.1 Å². The van der Waals surface area contributed by atoms with Gasteiger partial charge in [0.25, 0.3) is 0 Å². The maximum absolute atomic E-state index is 11.8. The fraction of sp³-hybridized carbons (Fsp3) is 0.312. The number of hydrogen-bond donors (Lipinski definition) is 2. The Hall–Kier alpha value is -2.35. The number of nitrogens with two attached hydrogens (primary N) is 1. The molecule has 1 aliphatic carbocycles. The second-order valence-corrected chi connectivity index (χ2v) is 8.05. The Morgan fingerprint density at radius 1 is 1.38 bits per heavy atom.